The first-order valence-corrected chi connectivity index (χ1v) is 10.7. The summed E-state index contributed by atoms with van der Waals surface area (Å²) in [6, 6.07) is 6.65. The van der Waals surface area contributed by atoms with Crippen LogP contribution in [0.5, 0.6) is 0 Å². The molecule has 32 heavy (non-hydrogen) atoms. The minimum Gasteiger partial charge on any atom is -0.468 e. The molecule has 2 aromatic heterocycles. The van der Waals surface area contributed by atoms with Crippen molar-refractivity contribution in [2.24, 2.45) is 0 Å². The highest BCUT2D eigenvalue weighted by atomic mass is 16.6. The first-order chi connectivity index (χ1) is 15.2. The minimum atomic E-state index is -0.745. The lowest BCUT2D eigenvalue weighted by molar-refractivity contribution is -0.146. The van der Waals surface area contributed by atoms with Crippen molar-refractivity contribution in [2.75, 3.05) is 20.2 Å². The number of pyridine rings is 2. The molecule has 1 saturated heterocycles. The molecule has 3 rings (SSSR count). The molecule has 1 aliphatic heterocycles. The maximum absolute atomic E-state index is 12.9. The van der Waals surface area contributed by atoms with Crippen molar-refractivity contribution < 1.29 is 23.9 Å². The van der Waals surface area contributed by atoms with Crippen LogP contribution in [0.2, 0.25) is 0 Å². The fourth-order valence-electron chi connectivity index (χ4n) is 3.27. The van der Waals surface area contributed by atoms with Gasteiger partial charge in [0.2, 0.25) is 5.91 Å². The summed E-state index contributed by atoms with van der Waals surface area (Å²) >= 11 is 0. The Bertz CT molecular complexity index is 957. The van der Waals surface area contributed by atoms with Crippen LogP contribution in [-0.4, -0.2) is 69.6 Å². The van der Waals surface area contributed by atoms with E-state index in [-0.39, 0.29) is 19.0 Å². The van der Waals surface area contributed by atoms with Crippen molar-refractivity contribution >= 4 is 29.0 Å². The number of rotatable bonds is 5. The number of amides is 2. The van der Waals surface area contributed by atoms with Crippen molar-refractivity contribution in [3.05, 3.63) is 36.2 Å². The lowest BCUT2D eigenvalue weighted by Crippen LogP contribution is -2.47. The number of carbonyl (C=O) groups excluding carboxylic acids is 3. The molecule has 9 heteroatoms. The summed E-state index contributed by atoms with van der Waals surface area (Å²) in [6.07, 6.45) is 1.43. The summed E-state index contributed by atoms with van der Waals surface area (Å²) in [7, 11) is 1.27. The monoisotopic (exact) mass is 444 g/mol. The molecule has 0 N–H and O–H groups in total. The van der Waals surface area contributed by atoms with Crippen LogP contribution >= 0.6 is 0 Å². The zero-order valence-corrected chi connectivity index (χ0v) is 19.6. The van der Waals surface area contributed by atoms with Gasteiger partial charge in [0.15, 0.2) is 5.65 Å². The number of likely N-dealkylation sites (tertiary alicyclic amines) is 1. The van der Waals surface area contributed by atoms with E-state index in [1.165, 1.54) is 16.9 Å². The van der Waals surface area contributed by atoms with E-state index in [1.807, 2.05) is 32.0 Å². The number of esters is 1. The number of aromatic nitrogens is 2. The van der Waals surface area contributed by atoms with Gasteiger partial charge in [-0.3, -0.25) is 14.5 Å². The standard InChI is InChI=1S/C21H26N4O5.C2H6/c1-21(2,3)30-20(28)25(16-9-11-24(19(16)27)13-17(26)29-4)12-15-8-7-14-6-5-10-22-18(14)23-15;1-2/h5-8,10,16H,9,11-13H2,1-4H3;1-2H3. The molecule has 0 aromatic carbocycles. The van der Waals surface area contributed by atoms with E-state index >= 15 is 0 Å². The summed E-state index contributed by atoms with van der Waals surface area (Å²) in [6.45, 7) is 9.59. The van der Waals surface area contributed by atoms with E-state index < -0.39 is 23.7 Å². The Labute approximate surface area is 188 Å². The zero-order valence-electron chi connectivity index (χ0n) is 19.6. The summed E-state index contributed by atoms with van der Waals surface area (Å²) in [5.41, 5.74) is 0.427. The second kappa shape index (κ2) is 10.9. The lowest BCUT2D eigenvalue weighted by atomic mass is 10.2. The number of hydrogen-bond acceptors (Lipinski definition) is 7. The van der Waals surface area contributed by atoms with Gasteiger partial charge in [-0.25, -0.2) is 14.8 Å². The van der Waals surface area contributed by atoms with Crippen molar-refractivity contribution in [1.29, 1.82) is 0 Å². The lowest BCUT2D eigenvalue weighted by Gasteiger charge is -2.30. The SMILES string of the molecule is CC.COC(=O)CN1CCC(N(Cc2ccc3cccnc3n2)C(=O)OC(C)(C)C)C1=O. The Balaban J connectivity index is 0.00000176. The molecule has 174 valence electrons. The Morgan fingerprint density at radius 3 is 2.59 bits per heavy atom. The van der Waals surface area contributed by atoms with Gasteiger partial charge in [-0.15, -0.1) is 0 Å². The third-order valence-electron chi connectivity index (χ3n) is 4.68. The maximum atomic E-state index is 12.9. The van der Waals surface area contributed by atoms with Crippen LogP contribution in [0.1, 0.15) is 46.7 Å². The Morgan fingerprint density at radius 2 is 1.94 bits per heavy atom. The van der Waals surface area contributed by atoms with Gasteiger partial charge in [0.25, 0.3) is 0 Å². The first kappa shape index (κ1) is 25.0. The van der Waals surface area contributed by atoms with Crippen LogP contribution in [-0.2, 0) is 25.6 Å². The normalized spacial score (nSPS) is 15.8. The fourth-order valence-corrected chi connectivity index (χ4v) is 3.27. The second-order valence-corrected chi connectivity index (χ2v) is 8.10. The highest BCUT2D eigenvalue weighted by Crippen LogP contribution is 2.23. The molecule has 0 radical (unpaired) electrons. The largest absolute Gasteiger partial charge is 0.468 e. The Hall–Kier alpha value is -3.23. The highest BCUT2D eigenvalue weighted by molar-refractivity contribution is 5.90. The topological polar surface area (TPSA) is 102 Å². The van der Waals surface area contributed by atoms with E-state index in [1.54, 1.807) is 33.0 Å². The van der Waals surface area contributed by atoms with E-state index in [2.05, 4.69) is 14.7 Å². The molecule has 0 saturated carbocycles. The van der Waals surface area contributed by atoms with Gasteiger partial charge in [0, 0.05) is 18.1 Å². The van der Waals surface area contributed by atoms with Gasteiger partial charge < -0.3 is 14.4 Å². The third kappa shape index (κ3) is 6.38. The average Bonchev–Trinajstić information content (AvgIpc) is 3.11. The van der Waals surface area contributed by atoms with E-state index in [9.17, 15) is 14.4 Å². The molecular weight excluding hydrogens is 412 g/mol. The van der Waals surface area contributed by atoms with E-state index in [0.29, 0.717) is 24.3 Å². The molecule has 2 aromatic rings. The molecule has 0 spiro atoms. The average molecular weight is 445 g/mol. The molecule has 0 aliphatic carbocycles. The molecule has 2 amide bonds. The molecule has 1 atom stereocenters. The Morgan fingerprint density at radius 1 is 1.22 bits per heavy atom. The first-order valence-electron chi connectivity index (χ1n) is 10.7. The van der Waals surface area contributed by atoms with Crippen LogP contribution in [0.4, 0.5) is 4.79 Å². The van der Waals surface area contributed by atoms with Gasteiger partial charge >= 0.3 is 12.1 Å². The van der Waals surface area contributed by atoms with E-state index in [4.69, 9.17) is 4.74 Å². The van der Waals surface area contributed by atoms with Crippen molar-refractivity contribution in [1.82, 2.24) is 19.8 Å². The van der Waals surface area contributed by atoms with Crippen LogP contribution in [0.15, 0.2) is 30.5 Å². The van der Waals surface area contributed by atoms with Crippen molar-refractivity contribution in [2.45, 2.75) is 59.2 Å². The molecule has 9 nitrogen and oxygen atoms in total. The van der Waals surface area contributed by atoms with Gasteiger partial charge in [-0.2, -0.15) is 0 Å². The number of carbonyl (C=O) groups is 3. The van der Waals surface area contributed by atoms with Crippen LogP contribution in [0.25, 0.3) is 11.0 Å². The summed E-state index contributed by atoms with van der Waals surface area (Å²) < 4.78 is 10.2. The van der Waals surface area contributed by atoms with Crippen molar-refractivity contribution in [3.63, 3.8) is 0 Å². The van der Waals surface area contributed by atoms with Crippen LogP contribution in [0, 0.1) is 0 Å². The number of nitrogens with zero attached hydrogens (tertiary/aromatic N) is 4. The fraction of sp³-hybridized carbons (Fsp3) is 0.522. The van der Waals surface area contributed by atoms with Gasteiger partial charge in [-0.1, -0.05) is 13.8 Å². The smallest absolute Gasteiger partial charge is 0.411 e. The molecule has 3 heterocycles. The van der Waals surface area contributed by atoms with E-state index in [0.717, 1.165) is 5.39 Å². The van der Waals surface area contributed by atoms with Gasteiger partial charge in [0.1, 0.15) is 18.2 Å². The van der Waals surface area contributed by atoms with Crippen molar-refractivity contribution in [3.8, 4) is 0 Å². The molecule has 1 aliphatic rings. The Kier molecular flexibility index (Phi) is 8.51. The minimum absolute atomic E-state index is 0.0872. The van der Waals surface area contributed by atoms with Gasteiger partial charge in [-0.05, 0) is 51.5 Å². The molecular formula is C23H32N4O5. The van der Waals surface area contributed by atoms with Gasteiger partial charge in [0.05, 0.1) is 19.3 Å². The van der Waals surface area contributed by atoms with Crippen LogP contribution in [0.3, 0.4) is 0 Å². The number of hydrogen-bond donors (Lipinski definition) is 0. The molecule has 1 fully saturated rings. The summed E-state index contributed by atoms with van der Waals surface area (Å²) in [4.78, 5) is 49.0. The third-order valence-corrected chi connectivity index (χ3v) is 4.68. The predicted octanol–water partition coefficient (Wildman–Crippen LogP) is 3.17. The number of ether oxygens (including phenoxy) is 2. The quantitative estimate of drug-likeness (QED) is 0.653. The van der Waals surface area contributed by atoms with Crippen LogP contribution < -0.4 is 0 Å². The predicted molar refractivity (Wildman–Crippen MR) is 120 cm³/mol. The zero-order chi connectivity index (χ0) is 23.9. The summed E-state index contributed by atoms with van der Waals surface area (Å²) in [5, 5.41) is 0.881. The molecule has 0 bridgehead atoms. The number of fused-ring (bicyclic) bond motifs is 1. The second-order valence-electron chi connectivity index (χ2n) is 8.10. The highest BCUT2D eigenvalue weighted by Gasteiger charge is 2.40. The number of methoxy groups -OCH3 is 1. The molecule has 1 unspecified atom stereocenters. The summed E-state index contributed by atoms with van der Waals surface area (Å²) in [5.74, 6) is -0.819. The maximum Gasteiger partial charge on any atom is 0.411 e.